The summed E-state index contributed by atoms with van der Waals surface area (Å²) in [5.41, 5.74) is 6.87. The highest BCUT2D eigenvalue weighted by molar-refractivity contribution is 6.10. The highest BCUT2D eigenvalue weighted by Gasteiger charge is 2.23. The minimum absolute atomic E-state index is 0.120. The van der Waals surface area contributed by atoms with E-state index in [4.69, 9.17) is 18.7 Å². The third kappa shape index (κ3) is 7.26. The molecule has 0 aliphatic heterocycles. The summed E-state index contributed by atoms with van der Waals surface area (Å²) in [5, 5.41) is 22.6. The predicted octanol–water partition coefficient (Wildman–Crippen LogP) is 14.0. The molecule has 11 rings (SSSR count). The first-order chi connectivity index (χ1) is 36.9. The molecule has 11 aromatic rings. The van der Waals surface area contributed by atoms with Gasteiger partial charge in [0.1, 0.15) is 5.82 Å². The molecular weight excluding hydrogens is 819 g/mol. The molecule has 0 atom stereocenters. The number of fused-ring (bicyclic) bond motifs is 4. The number of nitriles is 2. The Morgan fingerprint density at radius 3 is 1.91 bits per heavy atom. The molecular formula is C60H43N7. The summed E-state index contributed by atoms with van der Waals surface area (Å²) in [5.74, 6) is 0.735. The maximum absolute atomic E-state index is 10.3. The summed E-state index contributed by atoms with van der Waals surface area (Å²) in [4.78, 5) is 6.86. The molecule has 0 unspecified atom stereocenters. The van der Waals surface area contributed by atoms with Gasteiger partial charge in [-0.25, -0.2) is 4.98 Å². The van der Waals surface area contributed by atoms with Crippen molar-refractivity contribution in [2.24, 2.45) is 0 Å². The lowest BCUT2D eigenvalue weighted by molar-refractivity contribution is -0.571. The lowest BCUT2D eigenvalue weighted by Crippen LogP contribution is -2.31. The Kier molecular flexibility index (Phi) is 7.62. The number of hydrogen-bond donors (Lipinski definition) is 0. The lowest BCUT2D eigenvalue weighted by Gasteiger charge is -2.27. The van der Waals surface area contributed by atoms with Crippen LogP contribution in [0.4, 0.5) is 17.1 Å². The maximum atomic E-state index is 10.3. The molecule has 0 fully saturated rings. The number of benzene rings is 8. The number of imidazole rings is 1. The van der Waals surface area contributed by atoms with Crippen molar-refractivity contribution < 1.29 is 18.3 Å². The fourth-order valence-corrected chi connectivity index (χ4v) is 8.81. The zero-order valence-corrected chi connectivity index (χ0v) is 36.5. The third-order valence-corrected chi connectivity index (χ3v) is 11.9. The van der Waals surface area contributed by atoms with Gasteiger partial charge < -0.3 is 4.90 Å². The molecule has 67 heavy (non-hydrogen) atoms. The predicted molar refractivity (Wildman–Crippen MR) is 269 cm³/mol. The molecule has 7 heteroatoms. The van der Waals surface area contributed by atoms with Crippen LogP contribution in [0.1, 0.15) is 51.2 Å². The molecule has 0 saturated carbocycles. The Balaban J connectivity index is 1.17. The Labute approximate surface area is 403 Å². The number of anilines is 3. The van der Waals surface area contributed by atoms with E-state index in [0.29, 0.717) is 33.8 Å². The Hall–Kier alpha value is -9.04. The summed E-state index contributed by atoms with van der Waals surface area (Å²) in [6.07, 6.45) is 5.30. The molecule has 318 valence electrons. The first kappa shape index (κ1) is 30.9. The zero-order chi connectivity index (χ0) is 54.4. The number of nitrogens with zero attached hydrogens (tertiary/aromatic N) is 7. The van der Waals surface area contributed by atoms with E-state index in [9.17, 15) is 10.5 Å². The third-order valence-electron chi connectivity index (χ3n) is 11.9. The molecule has 0 saturated heterocycles. The molecule has 0 amide bonds. The molecule has 0 N–H and O–H groups in total. The molecule has 0 bridgehead atoms. The van der Waals surface area contributed by atoms with Crippen molar-refractivity contribution in [2.45, 2.75) is 26.2 Å². The lowest BCUT2D eigenvalue weighted by atomic mass is 9.88. The van der Waals surface area contributed by atoms with E-state index in [1.54, 1.807) is 51.6 Å². The standard InChI is InChI=1S/C60H43N7/c1-60(2,3)45-30-31-63-58(35-45)67-54-25-11-10-22-52(54)53-29-28-48(37-57(53)67)66(49-33-41(38-61)32-42(34-49)39-62)47-21-14-20-46(36-47)64-40-65(56-27-13-12-26-55(56)64)59-50(43-16-6-4-7-17-43)23-15-24-51(59)44-18-8-5-9-19-44/h4-37H,1-3H3/i4D,5D,6D,7D,8D,9D,16D,17D,18D,19D. The molecule has 3 heterocycles. The van der Waals surface area contributed by atoms with Crippen LogP contribution in [0.3, 0.4) is 0 Å². The topological polar surface area (TPSA) is 77.5 Å². The number of rotatable bonds is 8. The van der Waals surface area contributed by atoms with Crippen LogP contribution in [0.2, 0.25) is 0 Å². The Bertz CT molecular complexity index is 4210. The fourth-order valence-electron chi connectivity index (χ4n) is 8.81. The van der Waals surface area contributed by atoms with E-state index < -0.39 is 60.4 Å². The van der Waals surface area contributed by atoms with E-state index in [2.05, 4.69) is 74.1 Å². The van der Waals surface area contributed by atoms with Crippen molar-refractivity contribution in [1.82, 2.24) is 14.1 Å². The average Bonchev–Trinajstić information content (AvgIpc) is 4.24. The van der Waals surface area contributed by atoms with Crippen molar-refractivity contribution >= 4 is 49.9 Å². The fraction of sp³-hybridized carbons (Fsp3) is 0.0667. The normalized spacial score (nSPS) is 13.6. The van der Waals surface area contributed by atoms with E-state index >= 15 is 0 Å². The first-order valence-corrected chi connectivity index (χ1v) is 21.5. The first-order valence-electron chi connectivity index (χ1n) is 26.5. The molecule has 0 aliphatic carbocycles. The molecule has 3 aromatic heterocycles. The molecule has 0 radical (unpaired) electrons. The molecule has 0 spiro atoms. The summed E-state index contributed by atoms with van der Waals surface area (Å²) >= 11 is 0. The number of para-hydroxylation sites is 4. The minimum Gasteiger partial charge on any atom is -0.311 e. The number of pyridine rings is 1. The average molecular weight is 872 g/mol. The summed E-state index contributed by atoms with van der Waals surface area (Å²) in [6.45, 7) is 6.48. The van der Waals surface area contributed by atoms with E-state index in [1.807, 2.05) is 71.8 Å². The van der Waals surface area contributed by atoms with Gasteiger partial charge in [0.15, 0.2) is 0 Å². The Morgan fingerprint density at radius 2 is 1.22 bits per heavy atom. The van der Waals surface area contributed by atoms with Crippen LogP contribution in [0, 0.1) is 29.0 Å². The monoisotopic (exact) mass is 871 g/mol. The highest BCUT2D eigenvalue weighted by Crippen LogP contribution is 2.41. The van der Waals surface area contributed by atoms with Gasteiger partial charge in [0, 0.05) is 34.0 Å². The maximum Gasteiger partial charge on any atom is 0.269 e. The van der Waals surface area contributed by atoms with Gasteiger partial charge in [0.25, 0.3) is 6.33 Å². The van der Waals surface area contributed by atoms with Crippen LogP contribution in [0.5, 0.6) is 0 Å². The second kappa shape index (κ2) is 16.5. The van der Waals surface area contributed by atoms with Gasteiger partial charge in [-0.05, 0) is 100.0 Å². The minimum atomic E-state index is -0.592. The second-order valence-electron chi connectivity index (χ2n) is 17.0. The largest absolute Gasteiger partial charge is 0.311 e. The van der Waals surface area contributed by atoms with Crippen LogP contribution >= 0.6 is 0 Å². The van der Waals surface area contributed by atoms with Crippen molar-refractivity contribution in [2.75, 3.05) is 4.90 Å². The zero-order valence-electron chi connectivity index (χ0n) is 46.5. The summed E-state index contributed by atoms with van der Waals surface area (Å²) in [6, 6.07) is 41.9. The van der Waals surface area contributed by atoms with Gasteiger partial charge in [-0.1, -0.05) is 154 Å². The van der Waals surface area contributed by atoms with Crippen molar-refractivity contribution in [1.29, 1.82) is 10.5 Å². The van der Waals surface area contributed by atoms with Gasteiger partial charge >= 0.3 is 0 Å². The van der Waals surface area contributed by atoms with E-state index in [1.165, 1.54) is 6.07 Å². The molecule has 7 nitrogen and oxygen atoms in total. The van der Waals surface area contributed by atoms with Crippen LogP contribution in [0.25, 0.3) is 72.3 Å². The highest BCUT2D eigenvalue weighted by atomic mass is 15.2. The van der Waals surface area contributed by atoms with Crippen LogP contribution in [-0.2, 0) is 5.41 Å². The number of hydrogen-bond acceptors (Lipinski definition) is 4. The van der Waals surface area contributed by atoms with Crippen molar-refractivity contribution in [3.05, 3.63) is 229 Å². The summed E-state index contributed by atoms with van der Waals surface area (Å²) < 4.78 is 93.3. The SMILES string of the molecule is [2H]c1c([2H])c([2H])c(-c2cccc(-c3c([2H])c([2H])c([2H])c([2H])c3[2H])c2-[n+]2[c-]n(-c3cccc(N(c4cc(C#N)cc(C#N)c4)c4ccc5c6ccccc6n(-c6cc(C(C)(C)C)ccn6)c5c4)c3)c3ccccc32)c([2H])c1[2H]. The Morgan fingerprint density at radius 1 is 0.597 bits per heavy atom. The van der Waals surface area contributed by atoms with Crippen molar-refractivity contribution in [3.8, 4) is 51.6 Å². The van der Waals surface area contributed by atoms with Gasteiger partial charge in [-0.15, -0.1) is 0 Å². The van der Waals surface area contributed by atoms with Gasteiger partial charge in [0.05, 0.1) is 70.4 Å². The second-order valence-corrected chi connectivity index (χ2v) is 17.0. The number of aromatic nitrogens is 4. The van der Waals surface area contributed by atoms with Gasteiger partial charge in [-0.2, -0.15) is 10.5 Å². The van der Waals surface area contributed by atoms with Crippen molar-refractivity contribution in [3.63, 3.8) is 0 Å². The van der Waals surface area contributed by atoms with Gasteiger partial charge in [-0.3, -0.25) is 13.7 Å². The van der Waals surface area contributed by atoms with E-state index in [0.717, 1.165) is 33.2 Å². The van der Waals surface area contributed by atoms with Crippen LogP contribution in [0.15, 0.2) is 206 Å². The van der Waals surface area contributed by atoms with Crippen LogP contribution < -0.4 is 9.47 Å². The smallest absolute Gasteiger partial charge is 0.269 e. The molecule has 8 aromatic carbocycles. The quantitative estimate of drug-likeness (QED) is 0.113. The van der Waals surface area contributed by atoms with Crippen LogP contribution in [-0.4, -0.2) is 14.1 Å². The van der Waals surface area contributed by atoms with Gasteiger partial charge in [0.2, 0.25) is 0 Å². The molecule has 0 aliphatic rings. The summed E-state index contributed by atoms with van der Waals surface area (Å²) in [7, 11) is 0. The van der Waals surface area contributed by atoms with E-state index in [-0.39, 0.29) is 44.5 Å².